The van der Waals surface area contributed by atoms with Crippen molar-refractivity contribution in [3.8, 4) is 0 Å². The van der Waals surface area contributed by atoms with E-state index in [2.05, 4.69) is 15.3 Å². The van der Waals surface area contributed by atoms with Crippen molar-refractivity contribution >= 4 is 28.2 Å². The number of aromatic nitrogens is 2. The Balaban J connectivity index is 2.18. The SMILES string of the molecule is Cc1cnc(NC(=O)c2cccnc2N)s1. The molecule has 0 aliphatic rings. The van der Waals surface area contributed by atoms with Crippen molar-refractivity contribution in [2.24, 2.45) is 0 Å². The smallest absolute Gasteiger partial charge is 0.261 e. The molecule has 0 fully saturated rings. The molecule has 2 rings (SSSR count). The number of carbonyl (C=O) groups is 1. The first kappa shape index (κ1) is 10.6. The maximum Gasteiger partial charge on any atom is 0.261 e. The molecular weight excluding hydrogens is 224 g/mol. The number of rotatable bonds is 2. The summed E-state index contributed by atoms with van der Waals surface area (Å²) in [5, 5.41) is 3.23. The van der Waals surface area contributed by atoms with Crippen LogP contribution in [-0.4, -0.2) is 15.9 Å². The second kappa shape index (κ2) is 4.28. The van der Waals surface area contributed by atoms with Gasteiger partial charge in [-0.25, -0.2) is 9.97 Å². The van der Waals surface area contributed by atoms with Gasteiger partial charge in [-0.05, 0) is 19.1 Å². The molecule has 0 aliphatic heterocycles. The number of anilines is 2. The van der Waals surface area contributed by atoms with Gasteiger partial charge in [0.15, 0.2) is 5.13 Å². The fourth-order valence-corrected chi connectivity index (χ4v) is 1.85. The summed E-state index contributed by atoms with van der Waals surface area (Å²) in [6.45, 7) is 1.92. The predicted molar refractivity (Wildman–Crippen MR) is 63.5 cm³/mol. The Bertz CT molecular complexity index is 523. The number of carbonyl (C=O) groups excluding carboxylic acids is 1. The number of pyridine rings is 1. The monoisotopic (exact) mass is 234 g/mol. The van der Waals surface area contributed by atoms with Crippen LogP contribution in [0.15, 0.2) is 24.5 Å². The Morgan fingerprint density at radius 1 is 1.50 bits per heavy atom. The maximum absolute atomic E-state index is 11.8. The van der Waals surface area contributed by atoms with E-state index in [0.29, 0.717) is 10.7 Å². The first-order chi connectivity index (χ1) is 7.66. The number of nitrogens with one attached hydrogen (secondary N) is 1. The van der Waals surface area contributed by atoms with Crippen LogP contribution in [-0.2, 0) is 0 Å². The number of hydrogen-bond acceptors (Lipinski definition) is 5. The topological polar surface area (TPSA) is 80.9 Å². The van der Waals surface area contributed by atoms with Crippen molar-refractivity contribution in [3.63, 3.8) is 0 Å². The highest BCUT2D eigenvalue weighted by atomic mass is 32.1. The third-order valence-electron chi connectivity index (χ3n) is 1.92. The number of amides is 1. The molecule has 5 nitrogen and oxygen atoms in total. The van der Waals surface area contributed by atoms with E-state index in [4.69, 9.17) is 5.73 Å². The van der Waals surface area contributed by atoms with Crippen LogP contribution in [0.2, 0.25) is 0 Å². The van der Waals surface area contributed by atoms with E-state index in [1.807, 2.05) is 6.92 Å². The molecule has 2 aromatic heterocycles. The summed E-state index contributed by atoms with van der Waals surface area (Å²) < 4.78 is 0. The van der Waals surface area contributed by atoms with Crippen molar-refractivity contribution in [2.45, 2.75) is 6.92 Å². The number of nitrogens with two attached hydrogens (primary N) is 1. The van der Waals surface area contributed by atoms with Crippen LogP contribution in [0.25, 0.3) is 0 Å². The molecule has 0 saturated carbocycles. The van der Waals surface area contributed by atoms with Crippen molar-refractivity contribution in [1.29, 1.82) is 0 Å². The van der Waals surface area contributed by atoms with E-state index >= 15 is 0 Å². The molecule has 0 atom stereocenters. The minimum absolute atomic E-state index is 0.216. The molecule has 82 valence electrons. The normalized spacial score (nSPS) is 10.1. The molecule has 2 heterocycles. The fourth-order valence-electron chi connectivity index (χ4n) is 1.19. The second-order valence-electron chi connectivity index (χ2n) is 3.17. The molecule has 0 saturated heterocycles. The highest BCUT2D eigenvalue weighted by molar-refractivity contribution is 7.15. The van der Waals surface area contributed by atoms with E-state index in [-0.39, 0.29) is 11.7 Å². The lowest BCUT2D eigenvalue weighted by atomic mass is 10.2. The van der Waals surface area contributed by atoms with E-state index in [1.54, 1.807) is 24.5 Å². The van der Waals surface area contributed by atoms with Gasteiger partial charge in [0.25, 0.3) is 5.91 Å². The summed E-state index contributed by atoms with van der Waals surface area (Å²) in [6, 6.07) is 3.29. The molecular formula is C10H10N4OS. The van der Waals surface area contributed by atoms with Crippen LogP contribution < -0.4 is 11.1 Å². The second-order valence-corrected chi connectivity index (χ2v) is 4.40. The largest absolute Gasteiger partial charge is 0.383 e. The van der Waals surface area contributed by atoms with Gasteiger partial charge in [0.1, 0.15) is 5.82 Å². The molecule has 6 heteroatoms. The number of nitrogens with zero attached hydrogens (tertiary/aromatic N) is 2. The average molecular weight is 234 g/mol. The Kier molecular flexibility index (Phi) is 2.82. The Hall–Kier alpha value is -1.95. The summed E-state index contributed by atoms with van der Waals surface area (Å²) in [4.78, 5) is 20.7. The standard InChI is InChI=1S/C10H10N4OS/c1-6-5-13-10(16-6)14-9(15)7-3-2-4-12-8(7)11/h2-5H,1H3,(H2,11,12)(H,13,14,15). The zero-order valence-corrected chi connectivity index (χ0v) is 9.41. The number of aryl methyl sites for hydroxylation is 1. The first-order valence-electron chi connectivity index (χ1n) is 4.61. The Morgan fingerprint density at radius 2 is 2.31 bits per heavy atom. The van der Waals surface area contributed by atoms with E-state index in [1.165, 1.54) is 11.3 Å². The van der Waals surface area contributed by atoms with Crippen molar-refractivity contribution in [1.82, 2.24) is 9.97 Å². The van der Waals surface area contributed by atoms with Gasteiger partial charge < -0.3 is 5.73 Å². The first-order valence-corrected chi connectivity index (χ1v) is 5.43. The van der Waals surface area contributed by atoms with Crippen LogP contribution in [0.3, 0.4) is 0 Å². The average Bonchev–Trinajstić information content (AvgIpc) is 2.64. The minimum Gasteiger partial charge on any atom is -0.383 e. The van der Waals surface area contributed by atoms with E-state index in [9.17, 15) is 4.79 Å². The van der Waals surface area contributed by atoms with Gasteiger partial charge in [-0.15, -0.1) is 11.3 Å². The molecule has 1 amide bonds. The van der Waals surface area contributed by atoms with E-state index in [0.717, 1.165) is 4.88 Å². The molecule has 0 aromatic carbocycles. The Labute approximate surface area is 96.3 Å². The third kappa shape index (κ3) is 2.17. The number of hydrogen-bond donors (Lipinski definition) is 2. The molecule has 0 radical (unpaired) electrons. The quantitative estimate of drug-likeness (QED) is 0.828. The zero-order chi connectivity index (χ0) is 11.5. The van der Waals surface area contributed by atoms with Crippen molar-refractivity contribution < 1.29 is 4.79 Å². The molecule has 0 unspecified atom stereocenters. The number of nitrogen functional groups attached to an aromatic ring is 1. The van der Waals surface area contributed by atoms with Crippen LogP contribution in [0.1, 0.15) is 15.2 Å². The summed E-state index contributed by atoms with van der Waals surface area (Å²) in [5.41, 5.74) is 5.95. The van der Waals surface area contributed by atoms with Gasteiger partial charge in [-0.2, -0.15) is 0 Å². The van der Waals surface area contributed by atoms with Gasteiger partial charge in [-0.1, -0.05) is 0 Å². The lowest BCUT2D eigenvalue weighted by Gasteiger charge is -2.03. The van der Waals surface area contributed by atoms with Gasteiger partial charge in [0.2, 0.25) is 0 Å². The van der Waals surface area contributed by atoms with Gasteiger partial charge in [-0.3, -0.25) is 10.1 Å². The molecule has 0 spiro atoms. The molecule has 16 heavy (non-hydrogen) atoms. The highest BCUT2D eigenvalue weighted by Crippen LogP contribution is 2.18. The van der Waals surface area contributed by atoms with Gasteiger partial charge >= 0.3 is 0 Å². The van der Waals surface area contributed by atoms with Gasteiger partial charge in [0, 0.05) is 17.3 Å². The fraction of sp³-hybridized carbons (Fsp3) is 0.100. The summed E-state index contributed by atoms with van der Waals surface area (Å²) in [6.07, 6.45) is 3.24. The third-order valence-corrected chi connectivity index (χ3v) is 2.75. The molecule has 0 bridgehead atoms. The minimum atomic E-state index is -0.292. The summed E-state index contributed by atoms with van der Waals surface area (Å²) >= 11 is 1.41. The van der Waals surface area contributed by atoms with Gasteiger partial charge in [0.05, 0.1) is 5.56 Å². The predicted octanol–water partition coefficient (Wildman–Crippen LogP) is 1.68. The molecule has 0 aliphatic carbocycles. The summed E-state index contributed by atoms with van der Waals surface area (Å²) in [5.74, 6) is -0.0757. The van der Waals surface area contributed by atoms with Crippen molar-refractivity contribution in [3.05, 3.63) is 35.0 Å². The highest BCUT2D eigenvalue weighted by Gasteiger charge is 2.11. The van der Waals surface area contributed by atoms with E-state index < -0.39 is 0 Å². The lowest BCUT2D eigenvalue weighted by molar-refractivity contribution is 0.102. The van der Waals surface area contributed by atoms with Crippen LogP contribution >= 0.6 is 11.3 Å². The molecule has 2 aromatic rings. The molecule has 3 N–H and O–H groups in total. The zero-order valence-electron chi connectivity index (χ0n) is 8.60. The number of thiazole rings is 1. The Morgan fingerprint density at radius 3 is 2.94 bits per heavy atom. The van der Waals surface area contributed by atoms with Crippen LogP contribution in [0, 0.1) is 6.92 Å². The lowest BCUT2D eigenvalue weighted by Crippen LogP contribution is -2.14. The van der Waals surface area contributed by atoms with Crippen LogP contribution in [0.4, 0.5) is 10.9 Å². The summed E-state index contributed by atoms with van der Waals surface area (Å²) in [7, 11) is 0. The van der Waals surface area contributed by atoms with Crippen LogP contribution in [0.5, 0.6) is 0 Å². The maximum atomic E-state index is 11.8. The van der Waals surface area contributed by atoms with Crippen molar-refractivity contribution in [2.75, 3.05) is 11.1 Å².